The van der Waals surface area contributed by atoms with Crippen molar-refractivity contribution in [1.82, 2.24) is 0 Å². The molecule has 5 nitrogen and oxygen atoms in total. The molecular weight excluding hydrogens is 357 g/mol. The molecule has 0 fully saturated rings. The summed E-state index contributed by atoms with van der Waals surface area (Å²) in [5, 5.41) is 4.01. The summed E-state index contributed by atoms with van der Waals surface area (Å²) >= 11 is 11.9. The van der Waals surface area contributed by atoms with Crippen LogP contribution in [-0.2, 0) is 10.0 Å². The van der Waals surface area contributed by atoms with Gasteiger partial charge in [0.2, 0.25) is 0 Å². The number of rotatable bonds is 6. The molecule has 0 aliphatic rings. The van der Waals surface area contributed by atoms with Gasteiger partial charge in [0.25, 0.3) is 10.0 Å². The maximum absolute atomic E-state index is 12.4. The predicted molar refractivity (Wildman–Crippen MR) is 100 cm³/mol. The van der Waals surface area contributed by atoms with Gasteiger partial charge >= 0.3 is 0 Å². The van der Waals surface area contributed by atoms with E-state index >= 15 is 0 Å². The number of sulfonamides is 1. The van der Waals surface area contributed by atoms with E-state index in [1.807, 2.05) is 0 Å². The molecule has 0 bridgehead atoms. The summed E-state index contributed by atoms with van der Waals surface area (Å²) in [7, 11) is -2.25. The normalized spacial score (nSPS) is 13.5. The van der Waals surface area contributed by atoms with Crippen LogP contribution in [0.5, 0.6) is 0 Å². The Labute approximate surface area is 147 Å². The summed E-state index contributed by atoms with van der Waals surface area (Å²) in [6.45, 7) is 5.11. The zero-order chi connectivity index (χ0) is 17.6. The van der Waals surface area contributed by atoms with Gasteiger partial charge in [-0.05, 0) is 38.5 Å². The van der Waals surface area contributed by atoms with E-state index in [1.165, 1.54) is 19.3 Å². The Morgan fingerprint density at radius 1 is 1.35 bits per heavy atom. The second kappa shape index (κ2) is 8.38. The van der Waals surface area contributed by atoms with Gasteiger partial charge in [0.15, 0.2) is 0 Å². The van der Waals surface area contributed by atoms with Crippen LogP contribution < -0.4 is 10.0 Å². The van der Waals surface area contributed by atoms with E-state index in [0.717, 1.165) is 0 Å². The lowest BCUT2D eigenvalue weighted by Gasteiger charge is -2.16. The molecule has 2 N–H and O–H groups in total. The van der Waals surface area contributed by atoms with Crippen LogP contribution in [0.1, 0.15) is 19.4 Å². The fraction of sp³-hybridized carbons (Fsp3) is 0.267. The van der Waals surface area contributed by atoms with Gasteiger partial charge in [-0.25, -0.2) is 8.42 Å². The SMILES string of the molecule is C/C=C(\C=NC)S(=O)(=O)Nc1ccc(Cl)c(C)c1N/C=C(\C)Cl. The number of nitrogens with one attached hydrogen (secondary N) is 2. The summed E-state index contributed by atoms with van der Waals surface area (Å²) in [5.74, 6) is 0. The summed E-state index contributed by atoms with van der Waals surface area (Å²) in [4.78, 5) is 3.82. The molecule has 0 atom stereocenters. The first kappa shape index (κ1) is 19.5. The molecule has 1 aromatic rings. The topological polar surface area (TPSA) is 70.6 Å². The zero-order valence-electron chi connectivity index (χ0n) is 13.3. The van der Waals surface area contributed by atoms with Crippen LogP contribution in [0.3, 0.4) is 0 Å². The number of nitrogens with zero attached hydrogens (tertiary/aromatic N) is 1. The van der Waals surface area contributed by atoms with Gasteiger partial charge in [-0.3, -0.25) is 9.71 Å². The first-order chi connectivity index (χ1) is 10.7. The van der Waals surface area contributed by atoms with E-state index in [9.17, 15) is 8.42 Å². The number of halogens is 2. The van der Waals surface area contributed by atoms with Crippen molar-refractivity contribution in [2.75, 3.05) is 17.1 Å². The lowest BCUT2D eigenvalue weighted by Crippen LogP contribution is -2.17. The Morgan fingerprint density at radius 3 is 2.52 bits per heavy atom. The van der Waals surface area contributed by atoms with Crippen molar-refractivity contribution < 1.29 is 8.42 Å². The maximum atomic E-state index is 12.4. The van der Waals surface area contributed by atoms with Crippen molar-refractivity contribution in [2.45, 2.75) is 20.8 Å². The van der Waals surface area contributed by atoms with Gasteiger partial charge in [0.05, 0.1) is 11.4 Å². The highest BCUT2D eigenvalue weighted by Gasteiger charge is 2.18. The Balaban J connectivity index is 3.33. The molecule has 0 saturated carbocycles. The van der Waals surface area contributed by atoms with Crippen molar-refractivity contribution in [3.63, 3.8) is 0 Å². The Morgan fingerprint density at radius 2 is 2.00 bits per heavy atom. The molecule has 0 spiro atoms. The fourth-order valence-corrected chi connectivity index (χ4v) is 3.10. The molecule has 0 heterocycles. The van der Waals surface area contributed by atoms with Crippen LogP contribution in [0, 0.1) is 6.92 Å². The Hall–Kier alpha value is -1.50. The van der Waals surface area contributed by atoms with Crippen LogP contribution in [0.4, 0.5) is 11.4 Å². The molecule has 0 amide bonds. The first-order valence-corrected chi connectivity index (χ1v) is 8.96. The molecule has 1 rings (SSSR count). The number of anilines is 2. The van der Waals surface area contributed by atoms with Crippen LogP contribution in [-0.4, -0.2) is 21.7 Å². The van der Waals surface area contributed by atoms with Crippen molar-refractivity contribution in [3.05, 3.63) is 44.9 Å². The van der Waals surface area contributed by atoms with E-state index in [0.29, 0.717) is 27.0 Å². The second-order valence-corrected chi connectivity index (χ2v) is 7.34. The molecule has 0 saturated heterocycles. The van der Waals surface area contributed by atoms with Crippen LogP contribution >= 0.6 is 23.2 Å². The lowest BCUT2D eigenvalue weighted by atomic mass is 10.1. The van der Waals surface area contributed by atoms with Crippen molar-refractivity contribution in [3.8, 4) is 0 Å². The molecule has 0 aliphatic carbocycles. The van der Waals surface area contributed by atoms with Gasteiger partial charge in [-0.2, -0.15) is 0 Å². The average Bonchev–Trinajstić information content (AvgIpc) is 2.47. The number of allylic oxidation sites excluding steroid dienone is 3. The third kappa shape index (κ3) is 5.27. The van der Waals surface area contributed by atoms with Crippen LogP contribution in [0.2, 0.25) is 5.02 Å². The van der Waals surface area contributed by atoms with Crippen LogP contribution in [0.25, 0.3) is 0 Å². The van der Waals surface area contributed by atoms with Gasteiger partial charge < -0.3 is 5.32 Å². The lowest BCUT2D eigenvalue weighted by molar-refractivity contribution is 0.608. The largest absolute Gasteiger partial charge is 0.359 e. The van der Waals surface area contributed by atoms with Crippen molar-refractivity contribution in [2.24, 2.45) is 4.99 Å². The summed E-state index contributed by atoms with van der Waals surface area (Å²) in [5.41, 5.74) is 1.60. The van der Waals surface area contributed by atoms with Gasteiger partial charge in [0.1, 0.15) is 4.91 Å². The average molecular weight is 376 g/mol. The Bertz CT molecular complexity index is 765. The molecule has 0 aliphatic heterocycles. The molecule has 0 unspecified atom stereocenters. The fourth-order valence-electron chi connectivity index (χ4n) is 1.76. The van der Waals surface area contributed by atoms with Gasteiger partial charge in [0, 0.05) is 29.5 Å². The highest BCUT2D eigenvalue weighted by atomic mass is 35.5. The number of hydrogen-bond acceptors (Lipinski definition) is 4. The molecule has 0 aromatic heterocycles. The standard InChI is InChI=1S/C15H19Cl2N3O2S/c1-5-12(9-18-4)23(21,22)20-14-7-6-13(17)11(3)15(14)19-8-10(2)16/h5-9,19-20H,1-4H3/b10-8+,12-5+,18-9?. The maximum Gasteiger partial charge on any atom is 0.263 e. The summed E-state index contributed by atoms with van der Waals surface area (Å²) in [6.07, 6.45) is 4.30. The molecule has 1 aromatic carbocycles. The van der Waals surface area contributed by atoms with Crippen molar-refractivity contribution >= 4 is 50.8 Å². The highest BCUT2D eigenvalue weighted by Crippen LogP contribution is 2.33. The van der Waals surface area contributed by atoms with Crippen LogP contribution in [0.15, 0.2) is 39.3 Å². The predicted octanol–water partition coefficient (Wildman–Crippen LogP) is 4.51. The molecule has 8 heteroatoms. The van der Waals surface area contributed by atoms with Crippen molar-refractivity contribution in [1.29, 1.82) is 0 Å². The quantitative estimate of drug-likeness (QED) is 0.718. The molecular formula is C15H19Cl2N3O2S. The van der Waals surface area contributed by atoms with E-state index in [4.69, 9.17) is 23.2 Å². The highest BCUT2D eigenvalue weighted by molar-refractivity contribution is 7.97. The Kier molecular flexibility index (Phi) is 7.12. The minimum Gasteiger partial charge on any atom is -0.359 e. The van der Waals surface area contributed by atoms with Gasteiger partial charge in [-0.1, -0.05) is 29.3 Å². The number of benzene rings is 1. The molecule has 0 radical (unpaired) electrons. The van der Waals surface area contributed by atoms with E-state index in [1.54, 1.807) is 39.1 Å². The van der Waals surface area contributed by atoms with Gasteiger partial charge in [-0.15, -0.1) is 0 Å². The molecule has 23 heavy (non-hydrogen) atoms. The number of hydrogen-bond donors (Lipinski definition) is 2. The minimum atomic E-state index is -3.75. The first-order valence-electron chi connectivity index (χ1n) is 6.72. The van der Waals surface area contributed by atoms with E-state index in [2.05, 4.69) is 15.0 Å². The smallest absolute Gasteiger partial charge is 0.263 e. The zero-order valence-corrected chi connectivity index (χ0v) is 15.6. The third-order valence-corrected chi connectivity index (χ3v) is 4.88. The van der Waals surface area contributed by atoms with E-state index < -0.39 is 10.0 Å². The van der Waals surface area contributed by atoms with E-state index in [-0.39, 0.29) is 4.91 Å². The third-order valence-electron chi connectivity index (χ3n) is 2.91. The second-order valence-electron chi connectivity index (χ2n) is 4.65. The summed E-state index contributed by atoms with van der Waals surface area (Å²) in [6, 6.07) is 3.21. The molecule has 126 valence electrons. The number of aliphatic imine (C=N–C) groups is 1. The minimum absolute atomic E-state index is 0.0719. The monoisotopic (exact) mass is 375 g/mol. The summed E-state index contributed by atoms with van der Waals surface area (Å²) < 4.78 is 27.4.